The fraction of sp³-hybridized carbons (Fsp3) is 0.500. The van der Waals surface area contributed by atoms with Crippen LogP contribution in [-0.2, 0) is 4.79 Å². The number of hydrogen-bond donors (Lipinski definition) is 1. The Balaban J connectivity index is 1.94. The highest BCUT2D eigenvalue weighted by Crippen LogP contribution is 2.30. The van der Waals surface area contributed by atoms with E-state index in [1.54, 1.807) is 18.9 Å². The van der Waals surface area contributed by atoms with Crippen molar-refractivity contribution in [3.05, 3.63) is 23.8 Å². The van der Waals surface area contributed by atoms with Crippen molar-refractivity contribution in [3.8, 4) is 5.75 Å². The smallest absolute Gasteiger partial charge is 0.233 e. The molecule has 1 amide bonds. The second-order valence-corrected chi connectivity index (χ2v) is 5.59. The molecular weight excluding hydrogens is 260 g/mol. The summed E-state index contributed by atoms with van der Waals surface area (Å²) in [6.07, 6.45) is 0. The van der Waals surface area contributed by atoms with E-state index in [4.69, 9.17) is 4.74 Å². The molecule has 1 saturated heterocycles. The van der Waals surface area contributed by atoms with Gasteiger partial charge in [-0.3, -0.25) is 4.79 Å². The lowest BCUT2D eigenvalue weighted by Gasteiger charge is -2.27. The van der Waals surface area contributed by atoms with Crippen LogP contribution in [0, 0.1) is 6.92 Å². The molecule has 1 fully saturated rings. The lowest BCUT2D eigenvalue weighted by molar-refractivity contribution is -0.128. The minimum atomic E-state index is 0.204. The standard InChI is InChI=1S/C14H20N2O2S/c1-11-3-4-12(18-2)13(9-11)19-10-14(17)16-7-5-15-6-8-16/h3-4,9,15H,5-8,10H2,1-2H3. The maximum atomic E-state index is 12.1. The van der Waals surface area contributed by atoms with Crippen LogP contribution < -0.4 is 10.1 Å². The summed E-state index contributed by atoms with van der Waals surface area (Å²) in [5.41, 5.74) is 1.18. The zero-order valence-electron chi connectivity index (χ0n) is 11.4. The molecule has 0 bridgehead atoms. The van der Waals surface area contributed by atoms with Crippen LogP contribution in [0.25, 0.3) is 0 Å². The van der Waals surface area contributed by atoms with E-state index >= 15 is 0 Å². The first-order valence-corrected chi connectivity index (χ1v) is 7.45. The van der Waals surface area contributed by atoms with Crippen LogP contribution in [0.15, 0.2) is 23.1 Å². The van der Waals surface area contributed by atoms with Gasteiger partial charge in [-0.1, -0.05) is 6.07 Å². The lowest BCUT2D eigenvalue weighted by Crippen LogP contribution is -2.47. The molecule has 0 aliphatic carbocycles. The summed E-state index contributed by atoms with van der Waals surface area (Å²) >= 11 is 1.55. The SMILES string of the molecule is COc1ccc(C)cc1SCC(=O)N1CCNCC1. The molecule has 19 heavy (non-hydrogen) atoms. The Morgan fingerprint density at radius 2 is 2.16 bits per heavy atom. The monoisotopic (exact) mass is 280 g/mol. The van der Waals surface area contributed by atoms with Crippen LogP contribution in [0.5, 0.6) is 5.75 Å². The van der Waals surface area contributed by atoms with Crippen molar-refractivity contribution in [2.24, 2.45) is 0 Å². The summed E-state index contributed by atoms with van der Waals surface area (Å²) in [6.45, 7) is 5.45. The lowest BCUT2D eigenvalue weighted by atomic mass is 10.2. The Morgan fingerprint density at radius 1 is 1.42 bits per heavy atom. The van der Waals surface area contributed by atoms with Crippen LogP contribution in [-0.4, -0.2) is 49.8 Å². The first-order valence-electron chi connectivity index (χ1n) is 6.46. The molecule has 1 heterocycles. The van der Waals surface area contributed by atoms with Crippen molar-refractivity contribution >= 4 is 17.7 Å². The molecule has 1 aromatic carbocycles. The molecule has 0 saturated carbocycles. The number of carbonyl (C=O) groups is 1. The number of rotatable bonds is 4. The van der Waals surface area contributed by atoms with Crippen molar-refractivity contribution in [3.63, 3.8) is 0 Å². The quantitative estimate of drug-likeness (QED) is 0.849. The van der Waals surface area contributed by atoms with Gasteiger partial charge < -0.3 is 15.0 Å². The number of carbonyl (C=O) groups excluding carboxylic acids is 1. The molecule has 1 N–H and O–H groups in total. The van der Waals surface area contributed by atoms with Crippen molar-refractivity contribution in [1.29, 1.82) is 0 Å². The molecule has 1 aromatic rings. The van der Waals surface area contributed by atoms with Gasteiger partial charge in [0.25, 0.3) is 0 Å². The Morgan fingerprint density at radius 3 is 2.84 bits per heavy atom. The Bertz CT molecular complexity index is 445. The Labute approximate surface area is 118 Å². The third-order valence-corrected chi connectivity index (χ3v) is 4.16. The second kappa shape index (κ2) is 6.82. The molecule has 4 nitrogen and oxygen atoms in total. The highest BCUT2D eigenvalue weighted by molar-refractivity contribution is 8.00. The van der Waals surface area contributed by atoms with Gasteiger partial charge in [-0.15, -0.1) is 11.8 Å². The molecular formula is C14H20N2O2S. The van der Waals surface area contributed by atoms with Crippen LogP contribution in [0.3, 0.4) is 0 Å². The molecule has 0 aromatic heterocycles. The van der Waals surface area contributed by atoms with Gasteiger partial charge in [-0.2, -0.15) is 0 Å². The van der Waals surface area contributed by atoms with Gasteiger partial charge in [0.2, 0.25) is 5.91 Å². The highest BCUT2D eigenvalue weighted by Gasteiger charge is 2.16. The van der Waals surface area contributed by atoms with Crippen molar-refractivity contribution < 1.29 is 9.53 Å². The van der Waals surface area contributed by atoms with Crippen LogP contribution >= 0.6 is 11.8 Å². The van der Waals surface area contributed by atoms with Crippen molar-refractivity contribution in [2.75, 3.05) is 39.0 Å². The largest absolute Gasteiger partial charge is 0.496 e. The summed E-state index contributed by atoms with van der Waals surface area (Å²) in [5.74, 6) is 1.51. The number of nitrogens with zero attached hydrogens (tertiary/aromatic N) is 1. The molecule has 2 rings (SSSR count). The summed E-state index contributed by atoms with van der Waals surface area (Å²) in [6, 6.07) is 6.03. The van der Waals surface area contributed by atoms with Gasteiger partial charge >= 0.3 is 0 Å². The van der Waals surface area contributed by atoms with Crippen LogP contribution in [0.1, 0.15) is 5.56 Å². The first-order chi connectivity index (χ1) is 9.20. The van der Waals surface area contributed by atoms with Crippen molar-refractivity contribution in [2.45, 2.75) is 11.8 Å². The highest BCUT2D eigenvalue weighted by atomic mass is 32.2. The fourth-order valence-electron chi connectivity index (χ4n) is 2.04. The second-order valence-electron chi connectivity index (χ2n) is 4.57. The molecule has 0 atom stereocenters. The summed E-state index contributed by atoms with van der Waals surface area (Å²) in [4.78, 5) is 15.0. The van der Waals surface area contributed by atoms with E-state index in [1.807, 2.05) is 24.0 Å². The predicted molar refractivity (Wildman–Crippen MR) is 77.9 cm³/mol. The van der Waals surface area contributed by atoms with E-state index in [1.165, 1.54) is 5.56 Å². The molecule has 1 aliphatic rings. The van der Waals surface area contributed by atoms with Gasteiger partial charge in [0.15, 0.2) is 0 Å². The third-order valence-electron chi connectivity index (χ3n) is 3.14. The van der Waals surface area contributed by atoms with E-state index in [9.17, 15) is 4.79 Å². The topological polar surface area (TPSA) is 41.6 Å². The van der Waals surface area contributed by atoms with E-state index in [0.29, 0.717) is 5.75 Å². The first kappa shape index (κ1) is 14.2. The molecule has 0 spiro atoms. The zero-order chi connectivity index (χ0) is 13.7. The Kier molecular flexibility index (Phi) is 5.10. The van der Waals surface area contributed by atoms with Gasteiger partial charge in [0.05, 0.1) is 17.8 Å². The van der Waals surface area contributed by atoms with Gasteiger partial charge in [-0.05, 0) is 24.6 Å². The molecule has 1 aliphatic heterocycles. The van der Waals surface area contributed by atoms with Crippen LogP contribution in [0.4, 0.5) is 0 Å². The minimum absolute atomic E-state index is 0.204. The maximum Gasteiger partial charge on any atom is 0.233 e. The average Bonchev–Trinajstić information content (AvgIpc) is 2.46. The average molecular weight is 280 g/mol. The number of aryl methyl sites for hydroxylation is 1. The molecule has 0 radical (unpaired) electrons. The number of amides is 1. The van der Waals surface area contributed by atoms with E-state index in [0.717, 1.165) is 36.8 Å². The number of thioether (sulfide) groups is 1. The number of benzene rings is 1. The molecule has 5 heteroatoms. The van der Waals surface area contributed by atoms with E-state index < -0.39 is 0 Å². The number of hydrogen-bond acceptors (Lipinski definition) is 4. The minimum Gasteiger partial charge on any atom is -0.496 e. The summed E-state index contributed by atoms with van der Waals surface area (Å²) in [7, 11) is 1.66. The summed E-state index contributed by atoms with van der Waals surface area (Å²) in [5, 5.41) is 3.25. The number of ether oxygens (including phenoxy) is 1. The van der Waals surface area contributed by atoms with E-state index in [-0.39, 0.29) is 5.91 Å². The summed E-state index contributed by atoms with van der Waals surface area (Å²) < 4.78 is 5.32. The maximum absolute atomic E-state index is 12.1. The number of nitrogens with one attached hydrogen (secondary N) is 1. The third kappa shape index (κ3) is 3.88. The Hall–Kier alpha value is -1.20. The predicted octanol–water partition coefficient (Wildman–Crippen LogP) is 1.53. The van der Waals surface area contributed by atoms with Gasteiger partial charge in [0.1, 0.15) is 5.75 Å². The molecule has 104 valence electrons. The van der Waals surface area contributed by atoms with Crippen LogP contribution in [0.2, 0.25) is 0 Å². The van der Waals surface area contributed by atoms with E-state index in [2.05, 4.69) is 11.4 Å². The fourth-order valence-corrected chi connectivity index (χ4v) is 3.07. The number of piperazine rings is 1. The normalized spacial score (nSPS) is 15.4. The van der Waals surface area contributed by atoms with Gasteiger partial charge in [-0.25, -0.2) is 0 Å². The molecule has 0 unspecified atom stereocenters. The number of methoxy groups -OCH3 is 1. The zero-order valence-corrected chi connectivity index (χ0v) is 12.3. The van der Waals surface area contributed by atoms with Gasteiger partial charge in [0, 0.05) is 26.2 Å². The van der Waals surface area contributed by atoms with Crippen molar-refractivity contribution in [1.82, 2.24) is 10.2 Å².